The van der Waals surface area contributed by atoms with Gasteiger partial charge in [0.2, 0.25) is 0 Å². The summed E-state index contributed by atoms with van der Waals surface area (Å²) < 4.78 is 1.49. The lowest BCUT2D eigenvalue weighted by Gasteiger charge is -2.11. The van der Waals surface area contributed by atoms with Crippen LogP contribution in [0.2, 0.25) is 0 Å². The number of para-hydroxylation sites is 3. The minimum Gasteiger partial charge on any atom is -0.383 e. The number of nitrogens with zero attached hydrogens (tertiary/aromatic N) is 4. The molecule has 1 amide bonds. The highest BCUT2D eigenvalue weighted by Crippen LogP contribution is 2.28. The first-order valence-corrected chi connectivity index (χ1v) is 10.5. The number of H-pyrrole nitrogens is 1. The molecule has 0 unspecified atom stereocenters. The van der Waals surface area contributed by atoms with Crippen LogP contribution in [-0.2, 0) is 0 Å². The van der Waals surface area contributed by atoms with Gasteiger partial charge in [0.25, 0.3) is 5.91 Å². The molecule has 0 bridgehead atoms. The molecule has 0 aliphatic rings. The van der Waals surface area contributed by atoms with Gasteiger partial charge < -0.3 is 16.0 Å². The Hall–Kier alpha value is -4.20. The molecular weight excluding hydrogens is 402 g/mol. The van der Waals surface area contributed by atoms with Crippen LogP contribution in [0.3, 0.4) is 0 Å². The number of nitrogen functional groups attached to an aromatic ring is 1. The number of benzene rings is 2. The van der Waals surface area contributed by atoms with Crippen LogP contribution in [0.4, 0.5) is 5.82 Å². The average molecular weight is 425 g/mol. The lowest BCUT2D eigenvalue weighted by atomic mass is 10.2. The van der Waals surface area contributed by atoms with Crippen LogP contribution in [0.15, 0.2) is 59.8 Å². The molecule has 1 atom stereocenters. The van der Waals surface area contributed by atoms with Crippen molar-refractivity contribution in [1.82, 2.24) is 24.9 Å². The fourth-order valence-corrected chi connectivity index (χ4v) is 3.71. The second-order valence-corrected chi connectivity index (χ2v) is 7.77. The van der Waals surface area contributed by atoms with E-state index in [9.17, 15) is 4.79 Å². The predicted octanol–water partition coefficient (Wildman–Crippen LogP) is 4.06. The average Bonchev–Trinajstić information content (AvgIpc) is 3.33. The third-order valence-corrected chi connectivity index (χ3v) is 5.62. The molecule has 0 aliphatic carbocycles. The van der Waals surface area contributed by atoms with Crippen molar-refractivity contribution in [1.29, 1.82) is 0 Å². The number of rotatable bonds is 5. The number of fused-ring (bicyclic) bond motifs is 3. The lowest BCUT2D eigenvalue weighted by Crippen LogP contribution is -2.32. The maximum Gasteiger partial charge on any atom is 0.257 e. The van der Waals surface area contributed by atoms with E-state index < -0.39 is 0 Å². The second-order valence-electron chi connectivity index (χ2n) is 7.77. The molecule has 0 saturated heterocycles. The Kier molecular flexibility index (Phi) is 4.82. The van der Waals surface area contributed by atoms with Crippen LogP contribution >= 0.6 is 0 Å². The van der Waals surface area contributed by atoms with E-state index in [2.05, 4.69) is 15.4 Å². The number of hydrogen-bond donors (Lipinski definition) is 3. The molecular formula is C24H23N7O. The summed E-state index contributed by atoms with van der Waals surface area (Å²) in [6.07, 6.45) is 4.40. The summed E-state index contributed by atoms with van der Waals surface area (Å²) in [4.78, 5) is 25.7. The summed E-state index contributed by atoms with van der Waals surface area (Å²) in [7, 11) is 0. The Morgan fingerprint density at radius 2 is 1.91 bits per heavy atom. The first-order valence-electron chi connectivity index (χ1n) is 10.5. The SMILES string of the molecule is CC[C@@H](C)NC(=O)c1c(N)n(/N=C\c2c[nH]c3ccccc23)c2nc3ccccc3nc12. The Morgan fingerprint density at radius 3 is 2.69 bits per heavy atom. The number of hydrogen-bond acceptors (Lipinski definition) is 5. The number of carbonyl (C=O) groups excluding carboxylic acids is 1. The van der Waals surface area contributed by atoms with E-state index in [4.69, 9.17) is 15.7 Å². The van der Waals surface area contributed by atoms with Gasteiger partial charge in [-0.3, -0.25) is 4.79 Å². The van der Waals surface area contributed by atoms with Gasteiger partial charge in [0.1, 0.15) is 16.9 Å². The predicted molar refractivity (Wildman–Crippen MR) is 128 cm³/mol. The van der Waals surface area contributed by atoms with Crippen LogP contribution in [0.5, 0.6) is 0 Å². The molecule has 32 heavy (non-hydrogen) atoms. The van der Waals surface area contributed by atoms with Gasteiger partial charge in [0.15, 0.2) is 5.65 Å². The largest absolute Gasteiger partial charge is 0.383 e. The van der Waals surface area contributed by atoms with E-state index in [0.29, 0.717) is 22.2 Å². The van der Waals surface area contributed by atoms with Gasteiger partial charge in [-0.2, -0.15) is 9.78 Å². The maximum atomic E-state index is 13.1. The molecule has 8 heteroatoms. The highest BCUT2D eigenvalue weighted by Gasteiger charge is 2.24. The quantitative estimate of drug-likeness (QED) is 0.368. The molecule has 160 valence electrons. The third-order valence-electron chi connectivity index (χ3n) is 5.62. The van der Waals surface area contributed by atoms with E-state index in [1.54, 1.807) is 6.21 Å². The number of anilines is 1. The van der Waals surface area contributed by atoms with Gasteiger partial charge in [-0.25, -0.2) is 9.97 Å². The summed E-state index contributed by atoms with van der Waals surface area (Å²) in [5, 5.41) is 8.62. The van der Waals surface area contributed by atoms with Gasteiger partial charge in [0.05, 0.1) is 17.2 Å². The van der Waals surface area contributed by atoms with E-state index >= 15 is 0 Å². The molecule has 0 fully saturated rings. The topological polar surface area (TPSA) is 114 Å². The van der Waals surface area contributed by atoms with E-state index in [0.717, 1.165) is 22.9 Å². The van der Waals surface area contributed by atoms with Crippen molar-refractivity contribution < 1.29 is 4.79 Å². The highest BCUT2D eigenvalue weighted by molar-refractivity contribution is 6.11. The van der Waals surface area contributed by atoms with Crippen molar-refractivity contribution in [3.63, 3.8) is 0 Å². The number of amides is 1. The molecule has 0 saturated carbocycles. The fourth-order valence-electron chi connectivity index (χ4n) is 3.71. The maximum absolute atomic E-state index is 13.1. The van der Waals surface area contributed by atoms with Gasteiger partial charge in [-0.05, 0) is 31.5 Å². The molecule has 3 heterocycles. The number of carbonyl (C=O) groups is 1. The van der Waals surface area contributed by atoms with Crippen LogP contribution < -0.4 is 11.1 Å². The molecule has 3 aromatic heterocycles. The van der Waals surface area contributed by atoms with Crippen LogP contribution in [0.1, 0.15) is 36.2 Å². The first-order chi connectivity index (χ1) is 15.6. The Bertz CT molecular complexity index is 1490. The van der Waals surface area contributed by atoms with Crippen molar-refractivity contribution >= 4 is 51.0 Å². The molecule has 8 nitrogen and oxygen atoms in total. The number of nitrogens with one attached hydrogen (secondary N) is 2. The zero-order valence-electron chi connectivity index (χ0n) is 17.8. The van der Waals surface area contributed by atoms with Crippen LogP contribution in [0, 0.1) is 0 Å². The zero-order valence-corrected chi connectivity index (χ0v) is 17.8. The summed E-state index contributed by atoms with van der Waals surface area (Å²) in [5.74, 6) is -0.0836. The summed E-state index contributed by atoms with van der Waals surface area (Å²) >= 11 is 0. The number of aromatic amines is 1. The van der Waals surface area contributed by atoms with Crippen molar-refractivity contribution in [2.45, 2.75) is 26.3 Å². The van der Waals surface area contributed by atoms with Crippen molar-refractivity contribution in [3.8, 4) is 0 Å². The first kappa shape index (κ1) is 19.7. The summed E-state index contributed by atoms with van der Waals surface area (Å²) in [5.41, 5.74) is 10.9. The molecule has 0 spiro atoms. The second kappa shape index (κ2) is 7.81. The molecule has 0 radical (unpaired) electrons. The Labute approximate surface area is 184 Å². The van der Waals surface area contributed by atoms with Crippen molar-refractivity contribution in [2.24, 2.45) is 5.10 Å². The Balaban J connectivity index is 1.69. The number of aromatic nitrogens is 4. The lowest BCUT2D eigenvalue weighted by molar-refractivity contribution is 0.0941. The van der Waals surface area contributed by atoms with Gasteiger partial charge in [-0.1, -0.05) is 37.3 Å². The molecule has 0 aliphatic heterocycles. The standard InChI is InChI=1S/C24H23N7O/c1-3-14(2)28-24(32)20-21-23(30-19-11-7-6-10-18(19)29-21)31(22(20)25)27-13-15-12-26-17-9-5-4-8-16(15)17/h4-14,26H,3,25H2,1-2H3,(H,28,32)/b27-13-/t14-/m1/s1. The number of nitrogens with two attached hydrogens (primary N) is 1. The molecule has 4 N–H and O–H groups in total. The van der Waals surface area contributed by atoms with E-state index in [1.807, 2.05) is 68.6 Å². The highest BCUT2D eigenvalue weighted by atomic mass is 16.1. The van der Waals surface area contributed by atoms with E-state index in [-0.39, 0.29) is 23.3 Å². The Morgan fingerprint density at radius 1 is 1.19 bits per heavy atom. The minimum atomic E-state index is -0.285. The van der Waals surface area contributed by atoms with Gasteiger partial charge in [0, 0.05) is 28.7 Å². The molecule has 5 aromatic rings. The zero-order chi connectivity index (χ0) is 22.2. The normalized spacial score (nSPS) is 12.8. The monoisotopic (exact) mass is 425 g/mol. The van der Waals surface area contributed by atoms with E-state index in [1.165, 1.54) is 4.68 Å². The van der Waals surface area contributed by atoms with Crippen molar-refractivity contribution in [2.75, 3.05) is 5.73 Å². The molecule has 2 aromatic carbocycles. The minimum absolute atomic E-state index is 0.00318. The summed E-state index contributed by atoms with van der Waals surface area (Å²) in [6.45, 7) is 3.96. The van der Waals surface area contributed by atoms with Gasteiger partial charge >= 0.3 is 0 Å². The van der Waals surface area contributed by atoms with Crippen LogP contribution in [-0.4, -0.2) is 37.8 Å². The fraction of sp³-hybridized carbons (Fsp3) is 0.167. The smallest absolute Gasteiger partial charge is 0.257 e. The summed E-state index contributed by atoms with van der Waals surface area (Å²) in [6, 6.07) is 15.5. The van der Waals surface area contributed by atoms with Gasteiger partial charge in [-0.15, -0.1) is 0 Å². The molecule has 5 rings (SSSR count). The van der Waals surface area contributed by atoms with Crippen molar-refractivity contribution in [3.05, 3.63) is 65.9 Å². The third kappa shape index (κ3) is 3.26. The van der Waals surface area contributed by atoms with Crippen LogP contribution in [0.25, 0.3) is 33.1 Å².